The topological polar surface area (TPSA) is 32.3 Å². The van der Waals surface area contributed by atoms with Crippen LogP contribution in [0.5, 0.6) is 0 Å². The molecule has 2 atom stereocenters. The fraction of sp³-hybridized carbons (Fsp3) is 1.00. The monoisotopic (exact) mass is 197 g/mol. The molecule has 13 heavy (non-hydrogen) atoms. The van der Waals surface area contributed by atoms with Crippen molar-refractivity contribution >= 4 is 0 Å². The summed E-state index contributed by atoms with van der Waals surface area (Å²) in [6.07, 6.45) is -3.78. The van der Waals surface area contributed by atoms with Crippen LogP contribution >= 0.6 is 0 Å². The van der Waals surface area contributed by atoms with E-state index in [-0.39, 0.29) is 18.9 Å². The number of aliphatic hydroxyl groups excluding tert-OH is 1. The number of halogens is 3. The third-order valence-electron chi connectivity index (χ3n) is 2.53. The lowest BCUT2D eigenvalue weighted by atomic mass is 9.88. The first-order valence-corrected chi connectivity index (χ1v) is 4.44. The Morgan fingerprint density at radius 3 is 2.54 bits per heavy atom. The van der Waals surface area contributed by atoms with Gasteiger partial charge in [-0.2, -0.15) is 13.2 Å². The molecule has 0 saturated carbocycles. The van der Waals surface area contributed by atoms with Gasteiger partial charge in [0.25, 0.3) is 0 Å². The molecule has 1 saturated heterocycles. The van der Waals surface area contributed by atoms with E-state index < -0.39 is 12.1 Å². The first kappa shape index (κ1) is 10.8. The van der Waals surface area contributed by atoms with Gasteiger partial charge in [0.15, 0.2) is 0 Å². The molecule has 1 aliphatic heterocycles. The highest BCUT2D eigenvalue weighted by Gasteiger charge is 2.44. The Bertz CT molecular complexity index is 154. The van der Waals surface area contributed by atoms with Gasteiger partial charge in [-0.1, -0.05) is 0 Å². The molecule has 1 fully saturated rings. The van der Waals surface area contributed by atoms with Crippen LogP contribution in [-0.4, -0.2) is 31.0 Å². The lowest BCUT2D eigenvalue weighted by molar-refractivity contribution is -0.191. The predicted molar refractivity (Wildman–Crippen MR) is 42.2 cm³/mol. The Hall–Kier alpha value is -0.290. The Morgan fingerprint density at radius 2 is 2.15 bits per heavy atom. The van der Waals surface area contributed by atoms with E-state index in [0.717, 1.165) is 0 Å². The number of aliphatic hydroxyl groups is 1. The molecular weight excluding hydrogens is 183 g/mol. The van der Waals surface area contributed by atoms with Crippen molar-refractivity contribution in [2.24, 2.45) is 11.8 Å². The first-order chi connectivity index (χ1) is 6.05. The van der Waals surface area contributed by atoms with Crippen LogP contribution in [0.25, 0.3) is 0 Å². The summed E-state index contributed by atoms with van der Waals surface area (Å²) in [5.41, 5.74) is 0. The predicted octanol–water partition coefficient (Wildman–Crippen LogP) is 1.16. The third kappa shape index (κ3) is 2.84. The summed E-state index contributed by atoms with van der Waals surface area (Å²) in [5, 5.41) is 11.4. The van der Waals surface area contributed by atoms with Gasteiger partial charge in [-0.25, -0.2) is 0 Å². The van der Waals surface area contributed by atoms with Gasteiger partial charge < -0.3 is 10.4 Å². The Morgan fingerprint density at radius 1 is 1.46 bits per heavy atom. The van der Waals surface area contributed by atoms with Crippen LogP contribution in [0.15, 0.2) is 0 Å². The van der Waals surface area contributed by atoms with Crippen LogP contribution in [0, 0.1) is 11.8 Å². The molecule has 0 aromatic rings. The van der Waals surface area contributed by atoms with Crippen molar-refractivity contribution in [1.29, 1.82) is 0 Å². The van der Waals surface area contributed by atoms with Crippen LogP contribution < -0.4 is 5.32 Å². The number of hydrogen-bond donors (Lipinski definition) is 2. The van der Waals surface area contributed by atoms with Gasteiger partial charge >= 0.3 is 6.18 Å². The molecular formula is C8H14F3NO. The van der Waals surface area contributed by atoms with E-state index in [2.05, 4.69) is 5.32 Å². The molecule has 0 bridgehead atoms. The number of rotatable bonds is 3. The molecule has 2 unspecified atom stereocenters. The summed E-state index contributed by atoms with van der Waals surface area (Å²) in [5.74, 6) is -1.69. The average Bonchev–Trinajstić information content (AvgIpc) is 2.49. The quantitative estimate of drug-likeness (QED) is 0.711. The van der Waals surface area contributed by atoms with Crippen molar-refractivity contribution < 1.29 is 18.3 Å². The van der Waals surface area contributed by atoms with E-state index in [1.54, 1.807) is 0 Å². The van der Waals surface area contributed by atoms with Crippen LogP contribution in [0.1, 0.15) is 12.8 Å². The molecule has 0 spiro atoms. The average molecular weight is 197 g/mol. The van der Waals surface area contributed by atoms with Crippen molar-refractivity contribution in [3.05, 3.63) is 0 Å². The molecule has 1 heterocycles. The van der Waals surface area contributed by atoms with E-state index in [1.165, 1.54) is 0 Å². The van der Waals surface area contributed by atoms with Gasteiger partial charge in [0, 0.05) is 6.61 Å². The zero-order chi connectivity index (χ0) is 9.90. The molecule has 0 radical (unpaired) electrons. The normalized spacial score (nSPS) is 26.3. The van der Waals surface area contributed by atoms with Crippen molar-refractivity contribution in [2.75, 3.05) is 19.7 Å². The second-order valence-electron chi connectivity index (χ2n) is 3.41. The van der Waals surface area contributed by atoms with E-state index in [1.807, 2.05) is 0 Å². The highest BCUT2D eigenvalue weighted by atomic mass is 19.4. The molecule has 1 aliphatic rings. The smallest absolute Gasteiger partial charge is 0.392 e. The Kier molecular flexibility index (Phi) is 3.55. The van der Waals surface area contributed by atoms with Crippen molar-refractivity contribution in [3.63, 3.8) is 0 Å². The molecule has 78 valence electrons. The van der Waals surface area contributed by atoms with Crippen LogP contribution in [-0.2, 0) is 0 Å². The number of hydrogen-bond acceptors (Lipinski definition) is 2. The van der Waals surface area contributed by atoms with Crippen LogP contribution in [0.4, 0.5) is 13.2 Å². The lowest BCUT2D eigenvalue weighted by Crippen LogP contribution is -2.32. The zero-order valence-corrected chi connectivity index (χ0v) is 7.27. The second-order valence-corrected chi connectivity index (χ2v) is 3.41. The number of alkyl halides is 3. The molecule has 0 amide bonds. The molecule has 0 aromatic heterocycles. The van der Waals surface area contributed by atoms with E-state index in [0.29, 0.717) is 19.5 Å². The maximum Gasteiger partial charge on any atom is 0.392 e. The highest BCUT2D eigenvalue weighted by Crippen LogP contribution is 2.36. The third-order valence-corrected chi connectivity index (χ3v) is 2.53. The van der Waals surface area contributed by atoms with E-state index in [4.69, 9.17) is 5.11 Å². The van der Waals surface area contributed by atoms with Gasteiger partial charge in [0.05, 0.1) is 5.92 Å². The zero-order valence-electron chi connectivity index (χ0n) is 7.27. The fourth-order valence-corrected chi connectivity index (χ4v) is 1.83. The van der Waals surface area contributed by atoms with Crippen LogP contribution in [0.3, 0.4) is 0 Å². The van der Waals surface area contributed by atoms with Gasteiger partial charge in [0.2, 0.25) is 0 Å². The minimum Gasteiger partial charge on any atom is -0.396 e. The van der Waals surface area contributed by atoms with Crippen molar-refractivity contribution in [1.82, 2.24) is 5.32 Å². The molecule has 0 aromatic carbocycles. The molecule has 5 heteroatoms. The fourth-order valence-electron chi connectivity index (χ4n) is 1.83. The van der Waals surface area contributed by atoms with Gasteiger partial charge in [-0.3, -0.25) is 0 Å². The maximum atomic E-state index is 12.4. The molecule has 0 aliphatic carbocycles. The lowest BCUT2D eigenvalue weighted by Gasteiger charge is -2.24. The Balaban J connectivity index is 2.55. The summed E-state index contributed by atoms with van der Waals surface area (Å²) >= 11 is 0. The SMILES string of the molecule is OCCC(C1CCNC1)C(F)(F)F. The molecule has 1 rings (SSSR count). The summed E-state index contributed by atoms with van der Waals surface area (Å²) in [6, 6.07) is 0. The first-order valence-electron chi connectivity index (χ1n) is 4.44. The second kappa shape index (κ2) is 4.28. The molecule has 2 nitrogen and oxygen atoms in total. The van der Waals surface area contributed by atoms with Crippen LogP contribution in [0.2, 0.25) is 0 Å². The highest BCUT2D eigenvalue weighted by molar-refractivity contribution is 4.82. The summed E-state index contributed by atoms with van der Waals surface area (Å²) in [6.45, 7) is 0.688. The van der Waals surface area contributed by atoms with Crippen molar-refractivity contribution in [2.45, 2.75) is 19.0 Å². The summed E-state index contributed by atoms with van der Waals surface area (Å²) in [7, 11) is 0. The Labute approximate surface area is 75.1 Å². The van der Waals surface area contributed by atoms with Gasteiger partial charge in [-0.05, 0) is 31.8 Å². The molecule has 2 N–H and O–H groups in total. The summed E-state index contributed by atoms with van der Waals surface area (Å²) < 4.78 is 37.3. The largest absolute Gasteiger partial charge is 0.396 e. The minimum atomic E-state index is -4.17. The van der Waals surface area contributed by atoms with E-state index >= 15 is 0 Å². The number of nitrogens with one attached hydrogen (secondary N) is 1. The van der Waals surface area contributed by atoms with Gasteiger partial charge in [0.1, 0.15) is 0 Å². The standard InChI is InChI=1S/C8H14F3NO/c9-8(10,11)7(2-4-13)6-1-3-12-5-6/h6-7,12-13H,1-5H2. The maximum absolute atomic E-state index is 12.4. The van der Waals surface area contributed by atoms with E-state index in [9.17, 15) is 13.2 Å². The van der Waals surface area contributed by atoms with Gasteiger partial charge in [-0.15, -0.1) is 0 Å². The van der Waals surface area contributed by atoms with Crippen molar-refractivity contribution in [3.8, 4) is 0 Å². The minimum absolute atomic E-state index is 0.171. The summed E-state index contributed by atoms with van der Waals surface area (Å²) in [4.78, 5) is 0.